The molecule has 0 atom stereocenters. The zero-order valence-corrected chi connectivity index (χ0v) is 12.5. The van der Waals surface area contributed by atoms with E-state index in [1.807, 2.05) is 6.92 Å². The summed E-state index contributed by atoms with van der Waals surface area (Å²) in [5.41, 5.74) is 0.639. The van der Waals surface area contributed by atoms with Crippen molar-refractivity contribution in [3.63, 3.8) is 0 Å². The maximum atomic E-state index is 11.6. The van der Waals surface area contributed by atoms with Gasteiger partial charge in [-0.3, -0.25) is 9.59 Å². The van der Waals surface area contributed by atoms with Crippen molar-refractivity contribution in [1.82, 2.24) is 5.32 Å². The summed E-state index contributed by atoms with van der Waals surface area (Å²) in [6, 6.07) is 6.23. The lowest BCUT2D eigenvalue weighted by Crippen LogP contribution is -2.34. The van der Waals surface area contributed by atoms with Crippen LogP contribution in [0.5, 0.6) is 5.75 Å². The summed E-state index contributed by atoms with van der Waals surface area (Å²) in [5.74, 6) is -0.620. The van der Waals surface area contributed by atoms with Crippen LogP contribution in [-0.4, -0.2) is 28.7 Å². The fourth-order valence-corrected chi connectivity index (χ4v) is 1.63. The Balaban J connectivity index is 2.29. The van der Waals surface area contributed by atoms with Gasteiger partial charge < -0.3 is 20.5 Å². The summed E-state index contributed by atoms with van der Waals surface area (Å²) in [6.07, 6.45) is 0.784. The van der Waals surface area contributed by atoms with E-state index in [1.165, 1.54) is 12.1 Å². The highest BCUT2D eigenvalue weighted by atomic mass is 32.1. The van der Waals surface area contributed by atoms with Crippen molar-refractivity contribution >= 4 is 34.9 Å². The predicted octanol–water partition coefficient (Wildman–Crippen LogP) is 1.94. The molecule has 1 rings (SSSR count). The molecule has 1 aromatic rings. The number of benzene rings is 1. The summed E-state index contributed by atoms with van der Waals surface area (Å²) in [5, 5.41) is 14.5. The fourth-order valence-electron chi connectivity index (χ4n) is 1.40. The Morgan fingerprint density at radius 3 is 2.52 bits per heavy atom. The standard InChI is InChI=1S/C14H18N2O4S/c1-2-9-20-13(19)8-7-12(18)16-14(21)15-10-3-5-11(17)6-4-10/h3-6,17H,2,7-9H2,1H3,(H2,15,16,18,21). The van der Waals surface area contributed by atoms with Crippen LogP contribution in [0.1, 0.15) is 26.2 Å². The first-order chi connectivity index (χ1) is 10.0. The van der Waals surface area contributed by atoms with Crippen LogP contribution in [0.25, 0.3) is 0 Å². The van der Waals surface area contributed by atoms with Crippen LogP contribution < -0.4 is 10.6 Å². The highest BCUT2D eigenvalue weighted by Gasteiger charge is 2.09. The molecule has 0 aliphatic heterocycles. The van der Waals surface area contributed by atoms with Gasteiger partial charge in [-0.1, -0.05) is 6.92 Å². The molecule has 3 N–H and O–H groups in total. The van der Waals surface area contributed by atoms with Gasteiger partial charge in [-0.15, -0.1) is 0 Å². The molecule has 7 heteroatoms. The number of esters is 1. The average Bonchev–Trinajstić information content (AvgIpc) is 2.45. The van der Waals surface area contributed by atoms with Crippen LogP contribution in [0, 0.1) is 0 Å². The lowest BCUT2D eigenvalue weighted by Gasteiger charge is -2.09. The third-order valence-electron chi connectivity index (χ3n) is 2.40. The first-order valence-corrected chi connectivity index (χ1v) is 6.97. The molecule has 0 saturated heterocycles. The second-order valence-electron chi connectivity index (χ2n) is 4.27. The minimum atomic E-state index is -0.399. The number of hydrogen-bond acceptors (Lipinski definition) is 5. The number of carbonyl (C=O) groups excluding carboxylic acids is 2. The number of hydrogen-bond donors (Lipinski definition) is 3. The molecule has 0 bridgehead atoms. The van der Waals surface area contributed by atoms with Crippen LogP contribution in [-0.2, 0) is 14.3 Å². The second kappa shape index (κ2) is 8.91. The molecule has 0 heterocycles. The van der Waals surface area contributed by atoms with Gasteiger partial charge in [0.05, 0.1) is 13.0 Å². The Labute approximate surface area is 128 Å². The zero-order valence-electron chi connectivity index (χ0n) is 11.7. The van der Waals surface area contributed by atoms with Crippen molar-refractivity contribution in [2.24, 2.45) is 0 Å². The Hall–Kier alpha value is -2.15. The van der Waals surface area contributed by atoms with Crippen LogP contribution in [0.4, 0.5) is 5.69 Å². The molecule has 1 aromatic carbocycles. The third kappa shape index (κ3) is 7.26. The molecule has 6 nitrogen and oxygen atoms in total. The van der Waals surface area contributed by atoms with Crippen LogP contribution in [0.3, 0.4) is 0 Å². The largest absolute Gasteiger partial charge is 0.508 e. The van der Waals surface area contributed by atoms with Crippen molar-refractivity contribution < 1.29 is 19.4 Å². The number of rotatable bonds is 6. The Morgan fingerprint density at radius 1 is 1.24 bits per heavy atom. The summed E-state index contributed by atoms with van der Waals surface area (Å²) < 4.78 is 4.86. The molecular formula is C14H18N2O4S. The molecule has 21 heavy (non-hydrogen) atoms. The second-order valence-corrected chi connectivity index (χ2v) is 4.68. The number of carbonyl (C=O) groups is 2. The number of ether oxygens (including phenoxy) is 1. The number of aromatic hydroxyl groups is 1. The number of anilines is 1. The van der Waals surface area contributed by atoms with Crippen molar-refractivity contribution in [3.8, 4) is 5.75 Å². The smallest absolute Gasteiger partial charge is 0.306 e. The van der Waals surface area contributed by atoms with Gasteiger partial charge in [0.1, 0.15) is 5.75 Å². The Bertz CT molecular complexity index is 502. The highest BCUT2D eigenvalue weighted by Crippen LogP contribution is 2.13. The maximum Gasteiger partial charge on any atom is 0.306 e. The monoisotopic (exact) mass is 310 g/mol. The highest BCUT2D eigenvalue weighted by molar-refractivity contribution is 7.80. The van der Waals surface area contributed by atoms with Crippen molar-refractivity contribution in [2.75, 3.05) is 11.9 Å². The molecule has 0 fully saturated rings. The summed E-state index contributed by atoms with van der Waals surface area (Å²) in [6.45, 7) is 2.26. The predicted molar refractivity (Wildman–Crippen MR) is 83.0 cm³/mol. The van der Waals surface area contributed by atoms with E-state index in [9.17, 15) is 9.59 Å². The van der Waals surface area contributed by atoms with E-state index in [0.717, 1.165) is 6.42 Å². The van der Waals surface area contributed by atoms with E-state index in [4.69, 9.17) is 22.1 Å². The van der Waals surface area contributed by atoms with E-state index in [0.29, 0.717) is 12.3 Å². The maximum absolute atomic E-state index is 11.6. The molecule has 0 radical (unpaired) electrons. The van der Waals surface area contributed by atoms with Crippen LogP contribution in [0.15, 0.2) is 24.3 Å². The molecular weight excluding hydrogens is 292 g/mol. The topological polar surface area (TPSA) is 87.7 Å². The van der Waals surface area contributed by atoms with Crippen molar-refractivity contribution in [2.45, 2.75) is 26.2 Å². The van der Waals surface area contributed by atoms with Crippen LogP contribution >= 0.6 is 12.2 Å². The first kappa shape index (κ1) is 16.9. The normalized spacial score (nSPS) is 9.76. The fraction of sp³-hybridized carbons (Fsp3) is 0.357. The molecule has 0 aliphatic carbocycles. The van der Waals surface area contributed by atoms with Crippen LogP contribution in [0.2, 0.25) is 0 Å². The van der Waals surface area contributed by atoms with Crippen molar-refractivity contribution in [1.29, 1.82) is 0 Å². The lowest BCUT2D eigenvalue weighted by atomic mass is 10.3. The SMILES string of the molecule is CCCOC(=O)CCC(=O)NC(=S)Nc1ccc(O)cc1. The minimum absolute atomic E-state index is 0.0138. The van der Waals surface area contributed by atoms with Gasteiger partial charge >= 0.3 is 5.97 Å². The molecule has 0 unspecified atom stereocenters. The number of amides is 1. The number of phenolic OH excluding ortho intramolecular Hbond substituents is 1. The summed E-state index contributed by atoms with van der Waals surface area (Å²) in [4.78, 5) is 22.8. The number of nitrogens with one attached hydrogen (secondary N) is 2. The third-order valence-corrected chi connectivity index (χ3v) is 2.61. The first-order valence-electron chi connectivity index (χ1n) is 6.56. The van der Waals surface area contributed by atoms with E-state index in [-0.39, 0.29) is 29.6 Å². The minimum Gasteiger partial charge on any atom is -0.508 e. The quantitative estimate of drug-likeness (QED) is 0.423. The van der Waals surface area contributed by atoms with E-state index < -0.39 is 5.97 Å². The van der Waals surface area contributed by atoms with Gasteiger partial charge in [0.15, 0.2) is 5.11 Å². The molecule has 0 aliphatic rings. The van der Waals surface area contributed by atoms with E-state index in [1.54, 1.807) is 12.1 Å². The Morgan fingerprint density at radius 2 is 1.90 bits per heavy atom. The van der Waals surface area contributed by atoms with Gasteiger partial charge in [-0.05, 0) is 42.9 Å². The number of phenols is 1. The van der Waals surface area contributed by atoms with E-state index >= 15 is 0 Å². The molecule has 0 saturated carbocycles. The summed E-state index contributed by atoms with van der Waals surface area (Å²) in [7, 11) is 0. The van der Waals surface area contributed by atoms with E-state index in [2.05, 4.69) is 10.6 Å². The molecule has 0 spiro atoms. The van der Waals surface area contributed by atoms with Gasteiger partial charge in [0.2, 0.25) is 5.91 Å². The Kier molecular flexibility index (Phi) is 7.17. The summed E-state index contributed by atoms with van der Waals surface area (Å²) >= 11 is 4.97. The molecule has 114 valence electrons. The van der Waals surface area contributed by atoms with Gasteiger partial charge in [0, 0.05) is 12.1 Å². The zero-order chi connectivity index (χ0) is 15.7. The van der Waals surface area contributed by atoms with Gasteiger partial charge in [-0.25, -0.2) is 0 Å². The molecule has 0 aromatic heterocycles. The van der Waals surface area contributed by atoms with Gasteiger partial charge in [0.25, 0.3) is 0 Å². The molecule has 1 amide bonds. The van der Waals surface area contributed by atoms with Gasteiger partial charge in [-0.2, -0.15) is 0 Å². The average molecular weight is 310 g/mol. The number of thiocarbonyl (C=S) groups is 1. The lowest BCUT2D eigenvalue weighted by molar-refractivity contribution is -0.144. The van der Waals surface area contributed by atoms with Crippen molar-refractivity contribution in [3.05, 3.63) is 24.3 Å².